The molecule has 3 aromatic rings. The lowest BCUT2D eigenvalue weighted by Crippen LogP contribution is -2.29. The zero-order valence-corrected chi connectivity index (χ0v) is 14.3. The van der Waals surface area contributed by atoms with Crippen molar-refractivity contribution >= 4 is 11.6 Å². The summed E-state index contributed by atoms with van der Waals surface area (Å²) in [5, 5.41) is 7.00. The van der Waals surface area contributed by atoms with Gasteiger partial charge in [0.2, 0.25) is 5.91 Å². The first-order chi connectivity index (χ1) is 12.7. The molecular formula is C19H18N4O3. The van der Waals surface area contributed by atoms with Crippen LogP contribution >= 0.6 is 0 Å². The highest BCUT2D eigenvalue weighted by Crippen LogP contribution is 2.16. The summed E-state index contributed by atoms with van der Waals surface area (Å²) >= 11 is 0. The van der Waals surface area contributed by atoms with Gasteiger partial charge in [0.05, 0.1) is 12.3 Å². The molecule has 0 aliphatic carbocycles. The van der Waals surface area contributed by atoms with Crippen LogP contribution in [-0.4, -0.2) is 27.3 Å². The lowest BCUT2D eigenvalue weighted by Gasteiger charge is -2.09. The second-order valence-corrected chi connectivity index (χ2v) is 5.46. The van der Waals surface area contributed by atoms with Gasteiger partial charge in [-0.25, -0.2) is 4.68 Å². The van der Waals surface area contributed by atoms with Crippen LogP contribution in [0.1, 0.15) is 6.92 Å². The van der Waals surface area contributed by atoms with Crippen LogP contribution < -0.4 is 15.6 Å². The summed E-state index contributed by atoms with van der Waals surface area (Å²) in [5.41, 5.74) is 1.70. The number of hydrogen-bond donors (Lipinski definition) is 1. The van der Waals surface area contributed by atoms with E-state index in [1.54, 1.807) is 54.9 Å². The van der Waals surface area contributed by atoms with E-state index in [4.69, 9.17) is 4.74 Å². The molecule has 26 heavy (non-hydrogen) atoms. The second kappa shape index (κ2) is 8.06. The lowest BCUT2D eigenvalue weighted by atomic mass is 10.2. The number of ether oxygens (including phenoxy) is 1. The Morgan fingerprint density at radius 2 is 1.81 bits per heavy atom. The van der Waals surface area contributed by atoms with Gasteiger partial charge < -0.3 is 10.1 Å². The van der Waals surface area contributed by atoms with Gasteiger partial charge in [-0.2, -0.15) is 5.10 Å². The van der Waals surface area contributed by atoms with Gasteiger partial charge in [-0.05, 0) is 49.4 Å². The minimum absolute atomic E-state index is 0.176. The highest BCUT2D eigenvalue weighted by atomic mass is 16.5. The molecule has 0 radical (unpaired) electrons. The number of benzene rings is 1. The van der Waals surface area contributed by atoms with E-state index in [2.05, 4.69) is 15.4 Å². The van der Waals surface area contributed by atoms with Crippen LogP contribution in [0.5, 0.6) is 5.75 Å². The molecule has 0 saturated heterocycles. The molecule has 0 atom stereocenters. The fourth-order valence-corrected chi connectivity index (χ4v) is 2.38. The van der Waals surface area contributed by atoms with Crippen molar-refractivity contribution in [3.8, 4) is 17.0 Å². The maximum atomic E-state index is 12.2. The fraction of sp³-hybridized carbons (Fsp3) is 0.158. The average molecular weight is 350 g/mol. The molecule has 0 unspecified atom stereocenters. The van der Waals surface area contributed by atoms with Crippen molar-refractivity contribution in [3.63, 3.8) is 0 Å². The summed E-state index contributed by atoms with van der Waals surface area (Å²) < 4.78 is 6.50. The first kappa shape index (κ1) is 17.3. The van der Waals surface area contributed by atoms with Crippen molar-refractivity contribution < 1.29 is 9.53 Å². The molecule has 1 aromatic carbocycles. The topological polar surface area (TPSA) is 86.1 Å². The second-order valence-electron chi connectivity index (χ2n) is 5.46. The summed E-state index contributed by atoms with van der Waals surface area (Å²) in [6, 6.07) is 13.6. The number of amides is 1. The summed E-state index contributed by atoms with van der Waals surface area (Å²) in [4.78, 5) is 28.2. The molecule has 0 aliphatic rings. The normalized spacial score (nSPS) is 10.3. The van der Waals surface area contributed by atoms with E-state index in [9.17, 15) is 9.59 Å². The minimum Gasteiger partial charge on any atom is -0.494 e. The molecule has 132 valence electrons. The number of nitrogens with zero attached hydrogens (tertiary/aromatic N) is 3. The molecular weight excluding hydrogens is 332 g/mol. The van der Waals surface area contributed by atoms with Crippen LogP contribution in [-0.2, 0) is 11.3 Å². The van der Waals surface area contributed by atoms with Gasteiger partial charge in [0, 0.05) is 29.7 Å². The van der Waals surface area contributed by atoms with E-state index in [1.807, 2.05) is 6.92 Å². The number of nitrogens with one attached hydrogen (secondary N) is 1. The third-order valence-electron chi connectivity index (χ3n) is 3.59. The Labute approximate surface area is 150 Å². The van der Waals surface area contributed by atoms with Gasteiger partial charge in [0.15, 0.2) is 0 Å². The number of hydrogen-bond acceptors (Lipinski definition) is 5. The minimum atomic E-state index is -0.343. The SMILES string of the molecule is CCOc1ccc(NC(=O)Cn2nc(-c3ccncc3)ccc2=O)cc1. The monoisotopic (exact) mass is 350 g/mol. The molecule has 7 nitrogen and oxygen atoms in total. The average Bonchev–Trinajstić information content (AvgIpc) is 2.66. The molecule has 3 rings (SSSR count). The number of anilines is 1. The van der Waals surface area contributed by atoms with Crippen LogP contribution in [0.4, 0.5) is 5.69 Å². The Hall–Kier alpha value is -3.48. The summed E-state index contributed by atoms with van der Waals surface area (Å²) in [5.74, 6) is 0.393. The third-order valence-corrected chi connectivity index (χ3v) is 3.59. The highest BCUT2D eigenvalue weighted by molar-refractivity contribution is 5.90. The first-order valence-corrected chi connectivity index (χ1v) is 8.17. The first-order valence-electron chi connectivity index (χ1n) is 8.17. The van der Waals surface area contributed by atoms with Crippen molar-refractivity contribution in [2.45, 2.75) is 13.5 Å². The zero-order valence-electron chi connectivity index (χ0n) is 14.3. The number of rotatable bonds is 6. The highest BCUT2D eigenvalue weighted by Gasteiger charge is 2.08. The molecule has 0 saturated carbocycles. The number of carbonyl (C=O) groups excluding carboxylic acids is 1. The van der Waals surface area contributed by atoms with Gasteiger partial charge in [0.1, 0.15) is 12.3 Å². The Kier molecular flexibility index (Phi) is 5.38. The Morgan fingerprint density at radius 1 is 1.08 bits per heavy atom. The van der Waals surface area contributed by atoms with Crippen molar-refractivity contribution in [2.75, 3.05) is 11.9 Å². The molecule has 1 N–H and O–H groups in total. The molecule has 0 spiro atoms. The summed E-state index contributed by atoms with van der Waals surface area (Å²) in [6.07, 6.45) is 3.29. The van der Waals surface area contributed by atoms with Crippen LogP contribution in [0.15, 0.2) is 65.7 Å². The Balaban J connectivity index is 1.71. The van der Waals surface area contributed by atoms with E-state index in [0.717, 1.165) is 16.0 Å². The van der Waals surface area contributed by atoms with Gasteiger partial charge in [-0.1, -0.05) is 0 Å². The molecule has 2 aromatic heterocycles. The zero-order chi connectivity index (χ0) is 18.4. The van der Waals surface area contributed by atoms with Crippen LogP contribution in [0.2, 0.25) is 0 Å². The smallest absolute Gasteiger partial charge is 0.267 e. The van der Waals surface area contributed by atoms with Crippen molar-refractivity contribution in [3.05, 3.63) is 71.3 Å². The molecule has 0 bridgehead atoms. The van der Waals surface area contributed by atoms with Crippen LogP contribution in [0, 0.1) is 0 Å². The summed E-state index contributed by atoms with van der Waals surface area (Å²) in [7, 11) is 0. The molecule has 0 aliphatic heterocycles. The number of pyridine rings is 1. The Bertz CT molecular complexity index is 937. The van der Waals surface area contributed by atoms with E-state index in [-0.39, 0.29) is 18.0 Å². The molecule has 1 amide bonds. The van der Waals surface area contributed by atoms with E-state index < -0.39 is 0 Å². The largest absolute Gasteiger partial charge is 0.494 e. The van der Waals surface area contributed by atoms with E-state index in [1.165, 1.54) is 6.07 Å². The molecule has 7 heteroatoms. The van der Waals surface area contributed by atoms with Crippen molar-refractivity contribution in [1.82, 2.24) is 14.8 Å². The van der Waals surface area contributed by atoms with Gasteiger partial charge in [-0.3, -0.25) is 14.6 Å². The predicted octanol–water partition coefficient (Wildman–Crippen LogP) is 2.34. The van der Waals surface area contributed by atoms with Crippen molar-refractivity contribution in [2.24, 2.45) is 0 Å². The van der Waals surface area contributed by atoms with Gasteiger partial charge in [0.25, 0.3) is 5.56 Å². The standard InChI is InChI=1S/C19H18N4O3/c1-2-26-16-5-3-15(4-6-16)21-18(24)13-23-19(25)8-7-17(22-23)14-9-11-20-12-10-14/h3-12H,2,13H2,1H3,(H,21,24). The van der Waals surface area contributed by atoms with Crippen LogP contribution in [0.3, 0.4) is 0 Å². The molecule has 2 heterocycles. The van der Waals surface area contributed by atoms with Gasteiger partial charge in [-0.15, -0.1) is 0 Å². The number of aromatic nitrogens is 3. The number of carbonyl (C=O) groups is 1. The predicted molar refractivity (Wildman–Crippen MR) is 98.0 cm³/mol. The fourth-order valence-electron chi connectivity index (χ4n) is 2.38. The maximum absolute atomic E-state index is 12.2. The third kappa shape index (κ3) is 4.32. The quantitative estimate of drug-likeness (QED) is 0.737. The Morgan fingerprint density at radius 3 is 2.50 bits per heavy atom. The lowest BCUT2D eigenvalue weighted by molar-refractivity contribution is -0.117. The van der Waals surface area contributed by atoms with Gasteiger partial charge >= 0.3 is 0 Å². The maximum Gasteiger partial charge on any atom is 0.267 e. The van der Waals surface area contributed by atoms with Crippen LogP contribution in [0.25, 0.3) is 11.3 Å². The molecule has 0 fully saturated rings. The van der Waals surface area contributed by atoms with E-state index >= 15 is 0 Å². The van der Waals surface area contributed by atoms with Crippen molar-refractivity contribution in [1.29, 1.82) is 0 Å². The van der Waals surface area contributed by atoms with E-state index in [0.29, 0.717) is 18.0 Å². The summed E-state index contributed by atoms with van der Waals surface area (Å²) in [6.45, 7) is 2.31.